The van der Waals surface area contributed by atoms with E-state index in [0.29, 0.717) is 0 Å². The summed E-state index contributed by atoms with van der Waals surface area (Å²) < 4.78 is 22.5. The van der Waals surface area contributed by atoms with Crippen LogP contribution in [0.5, 0.6) is 23.0 Å². The summed E-state index contributed by atoms with van der Waals surface area (Å²) in [7, 11) is 6.80. The summed E-state index contributed by atoms with van der Waals surface area (Å²) in [5, 5.41) is 4.09. The van der Waals surface area contributed by atoms with Gasteiger partial charge in [0.1, 0.15) is 0 Å². The third kappa shape index (κ3) is 5.58. The molecule has 1 aliphatic heterocycles. The van der Waals surface area contributed by atoms with Gasteiger partial charge in [0, 0.05) is 17.5 Å². The predicted molar refractivity (Wildman–Crippen MR) is 153 cm³/mol. The summed E-state index contributed by atoms with van der Waals surface area (Å²) >= 11 is 4.20. The normalized spacial score (nSPS) is 20.1. The molecule has 1 saturated heterocycles. The Morgan fingerprint density at radius 2 is 1.39 bits per heavy atom. The second-order valence-corrected chi connectivity index (χ2v) is 13.8. The van der Waals surface area contributed by atoms with Gasteiger partial charge in [0.25, 0.3) is 0 Å². The minimum Gasteiger partial charge on any atom is -0.493 e. The molecule has 198 valence electrons. The predicted octanol–water partition coefficient (Wildman–Crippen LogP) is 6.62. The summed E-state index contributed by atoms with van der Waals surface area (Å²) in [6.45, 7) is 5.67. The highest BCUT2D eigenvalue weighted by atomic mass is 32.2. The molecular weight excluding hydrogens is 490 g/mol. The topological polar surface area (TPSA) is 49.0 Å². The number of hydrogen-bond acceptors (Lipinski definition) is 7. The van der Waals surface area contributed by atoms with E-state index >= 15 is 0 Å². The molecule has 1 atom stereocenters. The highest BCUT2D eigenvalue weighted by molar-refractivity contribution is 8.18. The summed E-state index contributed by atoms with van der Waals surface area (Å²) in [6.07, 6.45) is 5.88. The maximum Gasteiger partial charge on any atom is 0.161 e. The Balaban J connectivity index is 1.66. The van der Waals surface area contributed by atoms with Crippen LogP contribution in [0.3, 0.4) is 0 Å². The van der Waals surface area contributed by atoms with Gasteiger partial charge in [0.2, 0.25) is 0 Å². The number of ether oxygens (including phenoxy) is 4. The third-order valence-electron chi connectivity index (χ3n) is 7.92. The van der Waals surface area contributed by atoms with Crippen molar-refractivity contribution in [3.63, 3.8) is 0 Å². The second kappa shape index (κ2) is 11.4. The van der Waals surface area contributed by atoms with Gasteiger partial charge in [0.05, 0.1) is 32.5 Å². The second-order valence-electron chi connectivity index (χ2n) is 10.3. The fraction of sp³-hybridized carbons (Fsp3) is 0.586. The molecule has 1 unspecified atom stereocenters. The van der Waals surface area contributed by atoms with Gasteiger partial charge in [-0.05, 0) is 86.4 Å². The number of hydrogen-bond donors (Lipinski definition) is 1. The zero-order chi connectivity index (χ0) is 25.8. The molecule has 0 aromatic heterocycles. The number of methoxy groups -OCH3 is 4. The summed E-state index contributed by atoms with van der Waals surface area (Å²) in [6, 6.07) is 12.8. The Morgan fingerprint density at radius 1 is 0.806 bits per heavy atom. The number of thioether (sulfide) groups is 2. The van der Waals surface area contributed by atoms with Crippen molar-refractivity contribution in [1.29, 1.82) is 0 Å². The van der Waals surface area contributed by atoms with Crippen molar-refractivity contribution < 1.29 is 18.9 Å². The molecule has 0 amide bonds. The lowest BCUT2D eigenvalue weighted by Crippen LogP contribution is -2.52. The molecule has 1 aliphatic carbocycles. The van der Waals surface area contributed by atoms with Crippen LogP contribution in [-0.4, -0.2) is 50.6 Å². The van der Waals surface area contributed by atoms with Gasteiger partial charge in [-0.25, -0.2) is 0 Å². The molecule has 2 aliphatic rings. The lowest BCUT2D eigenvalue weighted by Gasteiger charge is -2.47. The van der Waals surface area contributed by atoms with Crippen molar-refractivity contribution in [3.8, 4) is 23.0 Å². The van der Waals surface area contributed by atoms with Crippen LogP contribution in [0.15, 0.2) is 36.4 Å². The van der Waals surface area contributed by atoms with Crippen molar-refractivity contribution in [3.05, 3.63) is 47.5 Å². The SMILES string of the molecule is COc1ccc(C2(CNC(C)(CC3(C)SCCCS3)c3ccc(OC)c(OC)c3)CCC2)cc1OC. The number of rotatable bonds is 11. The molecule has 2 fully saturated rings. The van der Waals surface area contributed by atoms with E-state index in [1.54, 1.807) is 28.4 Å². The first kappa shape index (κ1) is 27.3. The molecule has 36 heavy (non-hydrogen) atoms. The Bertz CT molecular complexity index is 1040. The molecule has 0 radical (unpaired) electrons. The molecule has 5 nitrogen and oxygen atoms in total. The quantitative estimate of drug-likeness (QED) is 0.349. The number of nitrogens with one attached hydrogen (secondary N) is 1. The fourth-order valence-corrected chi connectivity index (χ4v) is 8.81. The Kier molecular flexibility index (Phi) is 8.63. The van der Waals surface area contributed by atoms with Crippen molar-refractivity contribution in [2.75, 3.05) is 46.5 Å². The van der Waals surface area contributed by atoms with E-state index in [4.69, 9.17) is 18.9 Å². The van der Waals surface area contributed by atoms with Gasteiger partial charge in [-0.2, -0.15) is 0 Å². The highest BCUT2D eigenvalue weighted by Gasteiger charge is 2.44. The zero-order valence-electron chi connectivity index (χ0n) is 22.6. The van der Waals surface area contributed by atoms with Gasteiger partial charge in [0.15, 0.2) is 23.0 Å². The van der Waals surface area contributed by atoms with Gasteiger partial charge in [-0.3, -0.25) is 0 Å². The monoisotopic (exact) mass is 531 g/mol. The van der Waals surface area contributed by atoms with Crippen LogP contribution in [0.4, 0.5) is 0 Å². The Labute approximate surface area is 225 Å². The van der Waals surface area contributed by atoms with Crippen LogP contribution >= 0.6 is 23.5 Å². The van der Waals surface area contributed by atoms with Crippen LogP contribution in [0.2, 0.25) is 0 Å². The molecule has 4 rings (SSSR count). The first-order chi connectivity index (χ1) is 17.3. The maximum absolute atomic E-state index is 5.69. The highest BCUT2D eigenvalue weighted by Crippen LogP contribution is 2.51. The average Bonchev–Trinajstić information content (AvgIpc) is 2.87. The Morgan fingerprint density at radius 3 is 1.94 bits per heavy atom. The summed E-state index contributed by atoms with van der Waals surface area (Å²) in [5.74, 6) is 5.55. The van der Waals surface area contributed by atoms with Crippen LogP contribution in [0, 0.1) is 0 Å². The lowest BCUT2D eigenvalue weighted by molar-refractivity contribution is 0.196. The molecule has 2 aromatic rings. The van der Waals surface area contributed by atoms with Gasteiger partial charge in [-0.1, -0.05) is 18.6 Å². The van der Waals surface area contributed by atoms with E-state index in [2.05, 4.69) is 67.0 Å². The van der Waals surface area contributed by atoms with E-state index in [9.17, 15) is 0 Å². The maximum atomic E-state index is 5.69. The molecule has 1 heterocycles. The molecule has 2 aromatic carbocycles. The van der Waals surface area contributed by atoms with Gasteiger partial charge in [-0.15, -0.1) is 23.5 Å². The van der Waals surface area contributed by atoms with E-state index in [1.165, 1.54) is 35.5 Å². The van der Waals surface area contributed by atoms with Crippen LogP contribution in [-0.2, 0) is 11.0 Å². The molecular formula is C29H41NO4S2. The zero-order valence-corrected chi connectivity index (χ0v) is 24.2. The van der Waals surface area contributed by atoms with Crippen LogP contribution in [0.1, 0.15) is 57.1 Å². The van der Waals surface area contributed by atoms with E-state index in [0.717, 1.165) is 48.8 Å². The minimum absolute atomic E-state index is 0.0884. The number of benzene rings is 2. The van der Waals surface area contributed by atoms with Gasteiger partial charge < -0.3 is 24.3 Å². The van der Waals surface area contributed by atoms with Gasteiger partial charge >= 0.3 is 0 Å². The van der Waals surface area contributed by atoms with E-state index in [1.807, 2.05) is 12.1 Å². The standard InChI is InChI=1S/C29H41NO4S2/c1-27(19-28(2)35-15-8-16-36-28,21-9-11-23(31-3)25(17-21)33-5)30-20-29(13-7-14-29)22-10-12-24(32-4)26(18-22)34-6/h9-12,17-18,30H,7-8,13-16,19-20H2,1-6H3. The van der Waals surface area contributed by atoms with Crippen molar-refractivity contribution >= 4 is 23.5 Å². The van der Waals surface area contributed by atoms with Crippen molar-refractivity contribution in [1.82, 2.24) is 5.32 Å². The summed E-state index contributed by atoms with van der Waals surface area (Å²) in [5.41, 5.74) is 2.41. The largest absolute Gasteiger partial charge is 0.493 e. The molecule has 1 saturated carbocycles. The first-order valence-electron chi connectivity index (χ1n) is 12.8. The smallest absolute Gasteiger partial charge is 0.161 e. The average molecular weight is 532 g/mol. The van der Waals surface area contributed by atoms with Crippen molar-refractivity contribution in [2.24, 2.45) is 0 Å². The van der Waals surface area contributed by atoms with Crippen LogP contribution in [0.25, 0.3) is 0 Å². The third-order valence-corrected chi connectivity index (χ3v) is 11.1. The summed E-state index contributed by atoms with van der Waals surface area (Å²) in [4.78, 5) is 0. The van der Waals surface area contributed by atoms with E-state index < -0.39 is 0 Å². The van der Waals surface area contributed by atoms with E-state index in [-0.39, 0.29) is 15.0 Å². The molecule has 0 spiro atoms. The Hall–Kier alpha value is -1.70. The van der Waals surface area contributed by atoms with Crippen LogP contribution < -0.4 is 24.3 Å². The first-order valence-corrected chi connectivity index (χ1v) is 14.8. The lowest BCUT2D eigenvalue weighted by atomic mass is 9.64. The molecule has 7 heteroatoms. The van der Waals surface area contributed by atoms with Crippen molar-refractivity contribution in [2.45, 2.75) is 61.0 Å². The fourth-order valence-electron chi connectivity index (χ4n) is 5.57. The minimum atomic E-state index is -0.231. The molecule has 1 N–H and O–H groups in total. The molecule has 0 bridgehead atoms.